The number of carbonyl (C=O) groups is 1. The summed E-state index contributed by atoms with van der Waals surface area (Å²) in [5.74, 6) is 0.0838. The molecule has 2 heteroatoms. The van der Waals surface area contributed by atoms with E-state index < -0.39 is 0 Å². The molecule has 2 nitrogen and oxygen atoms in total. The Hall–Kier alpha value is -1.44. The Kier molecular flexibility index (Phi) is 2.22. The Morgan fingerprint density at radius 2 is 1.87 bits per heavy atom. The monoisotopic (exact) mass is 201 g/mol. The largest absolute Gasteiger partial charge is 0.293 e. The van der Waals surface area contributed by atoms with Crippen LogP contribution in [0.5, 0.6) is 0 Å². The maximum atomic E-state index is 12.2. The average molecular weight is 201 g/mol. The van der Waals surface area contributed by atoms with Crippen LogP contribution in [0, 0.1) is 11.3 Å². The Bertz CT molecular complexity index is 426. The van der Waals surface area contributed by atoms with Crippen molar-refractivity contribution in [3.63, 3.8) is 0 Å². The van der Waals surface area contributed by atoms with E-state index in [0.717, 1.165) is 11.3 Å². The van der Waals surface area contributed by atoms with Crippen molar-refractivity contribution in [1.29, 1.82) is 0 Å². The Morgan fingerprint density at radius 1 is 1.20 bits per heavy atom. The molecule has 2 rings (SSSR count). The van der Waals surface area contributed by atoms with Gasteiger partial charge in [-0.3, -0.25) is 9.79 Å². The van der Waals surface area contributed by atoms with Gasteiger partial charge in [-0.25, -0.2) is 0 Å². The minimum absolute atomic E-state index is 0.0614. The van der Waals surface area contributed by atoms with E-state index in [4.69, 9.17) is 0 Å². The number of fused-ring (bicyclic) bond motifs is 1. The summed E-state index contributed by atoms with van der Waals surface area (Å²) in [5.41, 5.74) is 1.48. The molecule has 0 aliphatic carbocycles. The molecule has 0 bridgehead atoms. The fraction of sp³-hybridized carbons (Fsp3) is 0.385. The molecule has 0 saturated carbocycles. The van der Waals surface area contributed by atoms with Crippen LogP contribution in [-0.4, -0.2) is 12.0 Å². The van der Waals surface area contributed by atoms with E-state index in [2.05, 4.69) is 25.8 Å². The fourth-order valence-electron chi connectivity index (χ4n) is 1.80. The second kappa shape index (κ2) is 3.30. The zero-order valence-corrected chi connectivity index (χ0v) is 9.32. The van der Waals surface area contributed by atoms with E-state index in [0.29, 0.717) is 0 Å². The summed E-state index contributed by atoms with van der Waals surface area (Å²) >= 11 is 0. The molecule has 15 heavy (non-hydrogen) atoms. The molecule has 1 aliphatic rings. The van der Waals surface area contributed by atoms with Gasteiger partial charge >= 0.3 is 0 Å². The summed E-state index contributed by atoms with van der Waals surface area (Å²) in [4.78, 5) is 16.5. The quantitative estimate of drug-likeness (QED) is 0.633. The summed E-state index contributed by atoms with van der Waals surface area (Å²) in [6, 6.07) is 7.52. The number of Topliss-reactive ketones (excluding diaryl/α,β-unsaturated/α-hetero) is 1. The third-order valence-electron chi connectivity index (χ3n) is 2.75. The van der Waals surface area contributed by atoms with E-state index in [1.165, 1.54) is 0 Å². The number of carbonyl (C=O) groups excluding carboxylic acids is 1. The molecule has 0 radical (unpaired) electrons. The van der Waals surface area contributed by atoms with Gasteiger partial charge in [0.2, 0.25) is 0 Å². The minimum atomic E-state index is -0.104. The first-order valence-corrected chi connectivity index (χ1v) is 5.17. The van der Waals surface area contributed by atoms with Crippen LogP contribution in [0.25, 0.3) is 0 Å². The van der Waals surface area contributed by atoms with Crippen molar-refractivity contribution in [2.75, 3.05) is 0 Å². The molecule has 0 aromatic heterocycles. The molecule has 78 valence electrons. The molecule has 1 heterocycles. The van der Waals surface area contributed by atoms with Gasteiger partial charge in [-0.2, -0.15) is 0 Å². The maximum absolute atomic E-state index is 12.2. The van der Waals surface area contributed by atoms with Crippen molar-refractivity contribution in [3.05, 3.63) is 29.8 Å². The lowest BCUT2D eigenvalue weighted by atomic mass is 9.76. The predicted molar refractivity (Wildman–Crippen MR) is 61.9 cm³/mol. The van der Waals surface area contributed by atoms with Gasteiger partial charge < -0.3 is 0 Å². The molecule has 1 aromatic rings. The summed E-state index contributed by atoms with van der Waals surface area (Å²) < 4.78 is 0. The number of hydrogen-bond donors (Lipinski definition) is 0. The molecule has 1 aliphatic heterocycles. The van der Waals surface area contributed by atoms with Crippen LogP contribution in [0.4, 0.5) is 5.69 Å². The fourth-order valence-corrected chi connectivity index (χ4v) is 1.80. The van der Waals surface area contributed by atoms with E-state index >= 15 is 0 Å². The second-order valence-electron chi connectivity index (χ2n) is 5.00. The van der Waals surface area contributed by atoms with Crippen LogP contribution in [-0.2, 0) is 0 Å². The highest BCUT2D eigenvalue weighted by atomic mass is 16.1. The molecule has 1 aromatic carbocycles. The second-order valence-corrected chi connectivity index (χ2v) is 5.00. The van der Waals surface area contributed by atoms with E-state index in [-0.39, 0.29) is 17.1 Å². The highest BCUT2D eigenvalue weighted by Gasteiger charge is 2.33. The molecular formula is C13H15NO. The summed E-state index contributed by atoms with van der Waals surface area (Å²) in [5, 5.41) is 0. The Labute approximate surface area is 90.0 Å². The van der Waals surface area contributed by atoms with Crippen molar-refractivity contribution < 1.29 is 4.79 Å². The highest BCUT2D eigenvalue weighted by molar-refractivity contribution is 6.12. The Morgan fingerprint density at radius 3 is 2.53 bits per heavy atom. The van der Waals surface area contributed by atoms with Crippen molar-refractivity contribution in [3.8, 4) is 0 Å². The first kappa shape index (κ1) is 10.1. The number of rotatable bonds is 0. The molecule has 0 saturated heterocycles. The van der Waals surface area contributed by atoms with Gasteiger partial charge in [0.15, 0.2) is 5.78 Å². The molecule has 0 amide bonds. The number of para-hydroxylation sites is 1. The van der Waals surface area contributed by atoms with Gasteiger partial charge in [0.25, 0.3) is 0 Å². The molecule has 1 atom stereocenters. The van der Waals surface area contributed by atoms with Gasteiger partial charge in [0.1, 0.15) is 0 Å². The molecular weight excluding hydrogens is 186 g/mol. The SMILES string of the molecule is CC(C)(C)C1C=Nc2ccccc2C1=O. The number of benzene rings is 1. The van der Waals surface area contributed by atoms with Crippen LogP contribution < -0.4 is 0 Å². The normalized spacial score (nSPS) is 20.2. The summed E-state index contributed by atoms with van der Waals surface area (Å²) in [6.07, 6.45) is 1.78. The van der Waals surface area contributed by atoms with E-state index in [1.54, 1.807) is 6.21 Å². The van der Waals surface area contributed by atoms with E-state index in [1.807, 2.05) is 24.3 Å². The van der Waals surface area contributed by atoms with Crippen LogP contribution >= 0.6 is 0 Å². The van der Waals surface area contributed by atoms with Gasteiger partial charge in [0, 0.05) is 11.8 Å². The van der Waals surface area contributed by atoms with Crippen LogP contribution in [0.2, 0.25) is 0 Å². The van der Waals surface area contributed by atoms with Gasteiger partial charge in [-0.1, -0.05) is 32.9 Å². The maximum Gasteiger partial charge on any atom is 0.173 e. The van der Waals surface area contributed by atoms with Crippen molar-refractivity contribution in [2.24, 2.45) is 16.3 Å². The summed E-state index contributed by atoms with van der Waals surface area (Å²) in [6.45, 7) is 6.20. The molecule has 0 fully saturated rings. The van der Waals surface area contributed by atoms with Crippen molar-refractivity contribution >= 4 is 17.7 Å². The third kappa shape index (κ3) is 1.72. The number of ketones is 1. The topological polar surface area (TPSA) is 29.4 Å². The number of aliphatic imine (C=N–C) groups is 1. The van der Waals surface area contributed by atoms with Gasteiger partial charge in [-0.05, 0) is 17.5 Å². The lowest BCUT2D eigenvalue weighted by Crippen LogP contribution is -2.31. The van der Waals surface area contributed by atoms with Gasteiger partial charge in [-0.15, -0.1) is 0 Å². The van der Waals surface area contributed by atoms with Crippen molar-refractivity contribution in [2.45, 2.75) is 20.8 Å². The molecule has 0 spiro atoms. The lowest BCUT2D eigenvalue weighted by Gasteiger charge is -2.28. The van der Waals surface area contributed by atoms with Crippen LogP contribution in [0.15, 0.2) is 29.3 Å². The smallest absolute Gasteiger partial charge is 0.173 e. The van der Waals surface area contributed by atoms with E-state index in [9.17, 15) is 4.79 Å². The first-order chi connectivity index (χ1) is 7.00. The molecule has 0 N–H and O–H groups in total. The van der Waals surface area contributed by atoms with Crippen LogP contribution in [0.3, 0.4) is 0 Å². The molecule has 1 unspecified atom stereocenters. The zero-order chi connectivity index (χ0) is 11.1. The third-order valence-corrected chi connectivity index (χ3v) is 2.75. The first-order valence-electron chi connectivity index (χ1n) is 5.17. The summed E-state index contributed by atoms with van der Waals surface area (Å²) in [7, 11) is 0. The lowest BCUT2D eigenvalue weighted by molar-refractivity contribution is 0.0889. The van der Waals surface area contributed by atoms with Crippen LogP contribution in [0.1, 0.15) is 31.1 Å². The van der Waals surface area contributed by atoms with Gasteiger partial charge in [0.05, 0.1) is 11.6 Å². The number of hydrogen-bond acceptors (Lipinski definition) is 2. The minimum Gasteiger partial charge on any atom is -0.293 e. The zero-order valence-electron chi connectivity index (χ0n) is 9.32. The number of nitrogens with zero attached hydrogens (tertiary/aromatic N) is 1. The standard InChI is InChI=1S/C13H15NO/c1-13(2,3)10-8-14-11-7-5-4-6-9(11)12(10)15/h4-8,10H,1-3H3. The average Bonchev–Trinajstić information content (AvgIpc) is 2.16. The predicted octanol–water partition coefficient (Wildman–Crippen LogP) is 3.25. The highest BCUT2D eigenvalue weighted by Crippen LogP contribution is 2.34. The van der Waals surface area contributed by atoms with Crippen molar-refractivity contribution in [1.82, 2.24) is 0 Å². The Balaban J connectivity index is 2.46.